The molecule has 1 aliphatic heterocycles. The van der Waals surface area contributed by atoms with Crippen molar-refractivity contribution >= 4 is 17.1 Å². The number of benzene rings is 1. The number of rotatable bonds is 4. The molecule has 4 aromatic rings. The molecule has 2 atom stereocenters. The number of fused-ring (bicyclic) bond motifs is 1. The van der Waals surface area contributed by atoms with Crippen LogP contribution < -0.4 is 4.90 Å². The van der Waals surface area contributed by atoms with Crippen molar-refractivity contribution in [3.63, 3.8) is 0 Å². The van der Waals surface area contributed by atoms with Gasteiger partial charge in [-0.15, -0.1) is 0 Å². The summed E-state index contributed by atoms with van der Waals surface area (Å²) in [5.74, 6) is -1.70. The summed E-state index contributed by atoms with van der Waals surface area (Å²) in [4.78, 5) is 19.1. The molecule has 0 bridgehead atoms. The molecule has 35 heavy (non-hydrogen) atoms. The lowest BCUT2D eigenvalue weighted by atomic mass is 10.1. The van der Waals surface area contributed by atoms with Gasteiger partial charge in [0.05, 0.1) is 36.3 Å². The van der Waals surface area contributed by atoms with Crippen molar-refractivity contribution < 1.29 is 21.7 Å². The van der Waals surface area contributed by atoms with Crippen LogP contribution in [0.2, 0.25) is 0 Å². The first kappa shape index (κ1) is 16.2. The van der Waals surface area contributed by atoms with Crippen LogP contribution in [0.4, 0.5) is 14.7 Å². The van der Waals surface area contributed by atoms with E-state index in [9.17, 15) is 4.39 Å². The van der Waals surface area contributed by atoms with E-state index in [0.29, 0.717) is 25.2 Å². The van der Waals surface area contributed by atoms with Gasteiger partial charge in [-0.05, 0) is 45.6 Å². The van der Waals surface area contributed by atoms with Crippen LogP contribution in [0.5, 0.6) is 0 Å². The van der Waals surface area contributed by atoms with E-state index in [4.69, 9.17) is 13.0 Å². The van der Waals surface area contributed by atoms with Crippen molar-refractivity contribution in [2.75, 3.05) is 18.0 Å². The van der Waals surface area contributed by atoms with Gasteiger partial charge in [0.25, 0.3) is 0 Å². The van der Waals surface area contributed by atoms with Crippen LogP contribution in [0.25, 0.3) is 22.4 Å². The third-order valence-electron chi connectivity index (χ3n) is 6.16. The number of hydrogen-bond donors (Lipinski definition) is 0. The summed E-state index contributed by atoms with van der Waals surface area (Å²) in [6.07, 6.45) is 5.19. The monoisotopic (exact) mass is 483 g/mol. The van der Waals surface area contributed by atoms with Gasteiger partial charge < -0.3 is 9.64 Å². The summed E-state index contributed by atoms with van der Waals surface area (Å²) in [6, 6.07) is 3.25. The SMILES string of the molecule is [2H]C([2H])([2H])c1nc2nc(N3CC(c4cnn(C5CC5)c4)O[C@@H](C)C3)nc(-c3ccc(F)cc3F)c2nc1C([2H])([2H])[2H]. The molecule has 4 heterocycles. The molecule has 1 unspecified atom stereocenters. The first-order chi connectivity index (χ1) is 19.3. The highest BCUT2D eigenvalue weighted by Crippen LogP contribution is 2.36. The molecule has 0 amide bonds. The lowest BCUT2D eigenvalue weighted by Gasteiger charge is -2.36. The normalized spacial score (nSPS) is 23.8. The molecule has 1 aromatic carbocycles. The van der Waals surface area contributed by atoms with Crippen molar-refractivity contribution in [1.29, 1.82) is 0 Å². The van der Waals surface area contributed by atoms with Crippen molar-refractivity contribution in [2.24, 2.45) is 0 Å². The number of halogens is 2. The van der Waals surface area contributed by atoms with Crippen LogP contribution in [-0.2, 0) is 4.74 Å². The molecule has 0 N–H and O–H groups in total. The summed E-state index contributed by atoms with van der Waals surface area (Å²) in [5, 5.41) is 4.45. The molecular formula is C25H25F2N7O. The zero-order valence-corrected chi connectivity index (χ0v) is 18.7. The Morgan fingerprint density at radius 2 is 1.89 bits per heavy atom. The molecule has 1 saturated carbocycles. The van der Waals surface area contributed by atoms with E-state index < -0.39 is 42.8 Å². The molecule has 8 nitrogen and oxygen atoms in total. The van der Waals surface area contributed by atoms with Crippen molar-refractivity contribution in [2.45, 2.75) is 51.7 Å². The fraction of sp³-hybridized carbons (Fsp3) is 0.400. The molecule has 6 rings (SSSR count). The molecule has 1 saturated heterocycles. The van der Waals surface area contributed by atoms with Crippen LogP contribution in [0.15, 0.2) is 30.6 Å². The summed E-state index contributed by atoms with van der Waals surface area (Å²) < 4.78 is 84.2. The topological polar surface area (TPSA) is 81.9 Å². The minimum atomic E-state index is -2.94. The quantitative estimate of drug-likeness (QED) is 0.423. The van der Waals surface area contributed by atoms with Gasteiger partial charge in [0.15, 0.2) is 5.65 Å². The Hall–Kier alpha value is -3.53. The van der Waals surface area contributed by atoms with Gasteiger partial charge >= 0.3 is 0 Å². The second-order valence-electron chi connectivity index (χ2n) is 8.91. The fourth-order valence-corrected chi connectivity index (χ4v) is 4.30. The number of aryl methyl sites for hydroxylation is 2. The third-order valence-corrected chi connectivity index (χ3v) is 6.16. The maximum absolute atomic E-state index is 15.1. The van der Waals surface area contributed by atoms with E-state index in [2.05, 4.69) is 25.0 Å². The summed E-state index contributed by atoms with van der Waals surface area (Å²) in [6.45, 7) is -3.35. The van der Waals surface area contributed by atoms with E-state index in [1.165, 1.54) is 0 Å². The molecule has 0 radical (unpaired) electrons. The van der Waals surface area contributed by atoms with E-state index in [1.807, 2.05) is 17.8 Å². The molecule has 0 spiro atoms. The minimum Gasteiger partial charge on any atom is -0.367 e. The second kappa shape index (κ2) is 8.30. The highest BCUT2D eigenvalue weighted by molar-refractivity contribution is 5.88. The highest BCUT2D eigenvalue weighted by Gasteiger charge is 2.32. The molecule has 180 valence electrons. The Kier molecular flexibility index (Phi) is 3.84. The predicted molar refractivity (Wildman–Crippen MR) is 126 cm³/mol. The van der Waals surface area contributed by atoms with Gasteiger partial charge in [-0.2, -0.15) is 10.1 Å². The zero-order chi connectivity index (χ0) is 29.3. The first-order valence-electron chi connectivity index (χ1n) is 14.3. The Morgan fingerprint density at radius 3 is 2.66 bits per heavy atom. The Labute approximate surface area is 209 Å². The molecule has 2 aliphatic rings. The Morgan fingerprint density at radius 1 is 1.06 bits per heavy atom. The Balaban J connectivity index is 1.51. The maximum atomic E-state index is 15.1. The molecular weight excluding hydrogens is 452 g/mol. The number of nitrogens with zero attached hydrogens (tertiary/aromatic N) is 7. The number of ether oxygens (including phenoxy) is 1. The van der Waals surface area contributed by atoms with Crippen LogP contribution in [0.3, 0.4) is 0 Å². The lowest BCUT2D eigenvalue weighted by Crippen LogP contribution is -2.43. The molecule has 1 aliphatic carbocycles. The molecule has 3 aromatic heterocycles. The van der Waals surface area contributed by atoms with Crippen LogP contribution in [0, 0.1) is 25.3 Å². The standard InChI is InChI=1S/C25H25F2N7O/c1-13-10-33(12-21(35-13)16-9-28-34(11-16)18-5-6-18)25-31-22(19-7-4-17(26)8-20(19)27)23-24(32-25)30-15(3)14(2)29-23/h4,7-9,11,13,18,21H,5-6,10,12H2,1-3H3/t13-,21?/m0/s1/i2D3,3D3. The molecule has 2 fully saturated rings. The zero-order valence-electron chi connectivity index (χ0n) is 24.7. The van der Waals surface area contributed by atoms with Gasteiger partial charge in [-0.3, -0.25) is 4.68 Å². The minimum absolute atomic E-state index is 0.0818. The fourth-order valence-electron chi connectivity index (χ4n) is 4.30. The smallest absolute Gasteiger partial charge is 0.228 e. The van der Waals surface area contributed by atoms with E-state index in [1.54, 1.807) is 11.1 Å². The summed E-state index contributed by atoms with van der Waals surface area (Å²) in [7, 11) is 0. The first-order valence-corrected chi connectivity index (χ1v) is 11.3. The lowest BCUT2D eigenvalue weighted by molar-refractivity contribution is -0.0178. The van der Waals surface area contributed by atoms with Gasteiger partial charge in [0, 0.05) is 38.2 Å². The number of anilines is 1. The van der Waals surface area contributed by atoms with Gasteiger partial charge in [-0.25, -0.2) is 23.7 Å². The Bertz CT molecular complexity index is 1640. The van der Waals surface area contributed by atoms with Gasteiger partial charge in [-0.1, -0.05) is 0 Å². The second-order valence-corrected chi connectivity index (χ2v) is 8.91. The van der Waals surface area contributed by atoms with Crippen molar-refractivity contribution in [3.05, 3.63) is 59.2 Å². The van der Waals surface area contributed by atoms with E-state index >= 15 is 4.39 Å². The molecule has 10 heteroatoms. The average Bonchev–Trinajstić information content (AvgIpc) is 3.62. The van der Waals surface area contributed by atoms with E-state index in [-0.39, 0.29) is 34.5 Å². The number of morpholine rings is 1. The van der Waals surface area contributed by atoms with Gasteiger partial charge in [0.1, 0.15) is 28.9 Å². The van der Waals surface area contributed by atoms with Gasteiger partial charge in [0.2, 0.25) is 5.95 Å². The maximum Gasteiger partial charge on any atom is 0.228 e. The van der Waals surface area contributed by atoms with E-state index in [0.717, 1.165) is 30.5 Å². The average molecular weight is 484 g/mol. The van der Waals surface area contributed by atoms with Crippen LogP contribution >= 0.6 is 0 Å². The summed E-state index contributed by atoms with van der Waals surface area (Å²) in [5.41, 5.74) is -1.40. The van der Waals surface area contributed by atoms with Crippen LogP contribution in [0.1, 0.15) is 57.1 Å². The van der Waals surface area contributed by atoms with Crippen LogP contribution in [-0.4, -0.2) is 48.9 Å². The summed E-state index contributed by atoms with van der Waals surface area (Å²) >= 11 is 0. The van der Waals surface area contributed by atoms with Crippen molar-refractivity contribution in [1.82, 2.24) is 29.7 Å². The third kappa shape index (κ3) is 4.12. The highest BCUT2D eigenvalue weighted by atomic mass is 19.1. The largest absolute Gasteiger partial charge is 0.367 e. The number of hydrogen-bond acceptors (Lipinski definition) is 7. The predicted octanol–water partition coefficient (Wildman–Crippen LogP) is 4.48. The number of aromatic nitrogens is 6. The van der Waals surface area contributed by atoms with Crippen molar-refractivity contribution in [3.8, 4) is 11.3 Å².